The van der Waals surface area contributed by atoms with Crippen molar-refractivity contribution in [1.29, 1.82) is 0 Å². The first-order valence-corrected chi connectivity index (χ1v) is 9.71. The molecule has 0 spiro atoms. The van der Waals surface area contributed by atoms with Gasteiger partial charge in [0.25, 0.3) is 0 Å². The van der Waals surface area contributed by atoms with Gasteiger partial charge in [-0.1, -0.05) is 18.6 Å². The number of nitrogens with two attached hydrogens (primary N) is 1. The van der Waals surface area contributed by atoms with E-state index in [1.807, 2.05) is 36.7 Å². The van der Waals surface area contributed by atoms with Crippen molar-refractivity contribution in [1.82, 2.24) is 9.55 Å². The number of hydrogen-bond acceptors (Lipinski definition) is 3. The molecule has 1 aliphatic rings. The lowest BCUT2D eigenvalue weighted by molar-refractivity contribution is -0.117. The van der Waals surface area contributed by atoms with E-state index >= 15 is 0 Å². The predicted molar refractivity (Wildman–Crippen MR) is 124 cm³/mol. The maximum absolute atomic E-state index is 13.5. The van der Waals surface area contributed by atoms with Gasteiger partial charge in [0.1, 0.15) is 11.6 Å². The van der Waals surface area contributed by atoms with Crippen molar-refractivity contribution < 1.29 is 9.18 Å². The number of amides is 1. The molecular formula is C22H27Cl2FN4O. The minimum Gasteiger partial charge on any atom is -0.327 e. The van der Waals surface area contributed by atoms with E-state index in [1.165, 1.54) is 12.1 Å². The Bertz CT molecular complexity index is 1050. The average Bonchev–Trinajstić information content (AvgIpc) is 3.20. The molecule has 3 aromatic rings. The fraction of sp³-hybridized carbons (Fsp3) is 0.364. The molecule has 1 fully saturated rings. The lowest BCUT2D eigenvalue weighted by Crippen LogP contribution is -2.28. The Morgan fingerprint density at radius 2 is 2.00 bits per heavy atom. The van der Waals surface area contributed by atoms with Crippen LogP contribution in [0.5, 0.6) is 0 Å². The normalized spacial score (nSPS) is 18.0. The second kappa shape index (κ2) is 9.77. The first-order valence-electron chi connectivity index (χ1n) is 9.71. The molecule has 1 aromatic heterocycles. The van der Waals surface area contributed by atoms with Crippen LogP contribution < -0.4 is 11.1 Å². The minimum atomic E-state index is -0.306. The molecular weight excluding hydrogens is 426 g/mol. The number of carbonyl (C=O) groups is 1. The lowest BCUT2D eigenvalue weighted by atomic mass is 9.99. The van der Waals surface area contributed by atoms with Crippen molar-refractivity contribution >= 4 is 47.4 Å². The molecule has 4 rings (SSSR count). The predicted octanol–water partition coefficient (Wildman–Crippen LogP) is 4.99. The summed E-state index contributed by atoms with van der Waals surface area (Å²) >= 11 is 0. The number of nitrogens with one attached hydrogen (secondary N) is 1. The third-order valence-electron chi connectivity index (χ3n) is 5.78. The molecule has 3 N–H and O–H groups in total. The molecule has 0 bridgehead atoms. The third-order valence-corrected chi connectivity index (χ3v) is 5.78. The maximum atomic E-state index is 13.5. The number of halogens is 3. The van der Waals surface area contributed by atoms with Crippen LogP contribution >= 0.6 is 24.8 Å². The second-order valence-corrected chi connectivity index (χ2v) is 7.76. The Hall–Kier alpha value is -2.15. The second-order valence-electron chi connectivity index (χ2n) is 7.76. The Kier molecular flexibility index (Phi) is 7.86. The van der Waals surface area contributed by atoms with E-state index in [9.17, 15) is 9.18 Å². The minimum absolute atomic E-state index is 0. The van der Waals surface area contributed by atoms with Gasteiger partial charge in [0.15, 0.2) is 0 Å². The Morgan fingerprint density at radius 1 is 1.23 bits per heavy atom. The number of aryl methyl sites for hydroxylation is 2. The molecule has 2 atom stereocenters. The largest absolute Gasteiger partial charge is 0.327 e. The number of aromatic nitrogens is 2. The highest BCUT2D eigenvalue weighted by Gasteiger charge is 2.26. The Labute approximate surface area is 188 Å². The molecule has 1 amide bonds. The molecule has 0 aliphatic heterocycles. The molecule has 0 saturated heterocycles. The van der Waals surface area contributed by atoms with Crippen molar-refractivity contribution in [3.05, 3.63) is 47.8 Å². The van der Waals surface area contributed by atoms with E-state index in [-0.39, 0.29) is 48.5 Å². The molecule has 1 aliphatic carbocycles. The van der Waals surface area contributed by atoms with Crippen LogP contribution in [0.4, 0.5) is 10.1 Å². The van der Waals surface area contributed by atoms with E-state index in [2.05, 4.69) is 10.3 Å². The summed E-state index contributed by atoms with van der Waals surface area (Å²) in [7, 11) is 1.90. The van der Waals surface area contributed by atoms with E-state index in [1.54, 1.807) is 6.07 Å². The zero-order valence-corrected chi connectivity index (χ0v) is 18.7. The van der Waals surface area contributed by atoms with Gasteiger partial charge in [-0.2, -0.15) is 0 Å². The van der Waals surface area contributed by atoms with Gasteiger partial charge >= 0.3 is 0 Å². The van der Waals surface area contributed by atoms with Crippen LogP contribution in [0.3, 0.4) is 0 Å². The molecule has 5 nitrogen and oxygen atoms in total. The van der Waals surface area contributed by atoms with Crippen LogP contribution in [0.25, 0.3) is 22.4 Å². The molecule has 162 valence electrons. The number of benzene rings is 2. The zero-order valence-electron chi connectivity index (χ0n) is 17.0. The van der Waals surface area contributed by atoms with Gasteiger partial charge in [-0.15, -0.1) is 24.8 Å². The van der Waals surface area contributed by atoms with E-state index in [4.69, 9.17) is 5.73 Å². The number of hydrogen-bond donors (Lipinski definition) is 2. The van der Waals surface area contributed by atoms with Gasteiger partial charge in [0.05, 0.1) is 11.0 Å². The van der Waals surface area contributed by atoms with Crippen molar-refractivity contribution in [3.8, 4) is 11.4 Å². The average molecular weight is 453 g/mol. The fourth-order valence-electron chi connectivity index (χ4n) is 4.09. The summed E-state index contributed by atoms with van der Waals surface area (Å²) in [5, 5.41) is 3.04. The van der Waals surface area contributed by atoms with Crippen molar-refractivity contribution in [2.75, 3.05) is 5.32 Å². The van der Waals surface area contributed by atoms with Crippen LogP contribution in [-0.2, 0) is 11.8 Å². The van der Waals surface area contributed by atoms with Crippen molar-refractivity contribution in [2.24, 2.45) is 18.7 Å². The van der Waals surface area contributed by atoms with Crippen molar-refractivity contribution in [3.63, 3.8) is 0 Å². The highest BCUT2D eigenvalue weighted by molar-refractivity contribution is 5.92. The molecule has 0 radical (unpaired) electrons. The summed E-state index contributed by atoms with van der Waals surface area (Å²) < 4.78 is 15.5. The summed E-state index contributed by atoms with van der Waals surface area (Å²) in [6.07, 6.45) is 3.57. The number of anilines is 1. The van der Waals surface area contributed by atoms with Gasteiger partial charge in [-0.3, -0.25) is 4.79 Å². The van der Waals surface area contributed by atoms with Crippen LogP contribution in [0.1, 0.15) is 31.2 Å². The molecule has 30 heavy (non-hydrogen) atoms. The quantitative estimate of drug-likeness (QED) is 0.585. The SMILES string of the molecule is Cc1ccc(-c2nc3cc(F)ccc3n2C)cc1NC(=O)C[C@@H]1CCC[C@H]1N.Cl.Cl. The maximum Gasteiger partial charge on any atom is 0.224 e. The van der Waals surface area contributed by atoms with Crippen LogP contribution in [0.2, 0.25) is 0 Å². The number of carbonyl (C=O) groups excluding carboxylic acids is 1. The number of rotatable bonds is 4. The van der Waals surface area contributed by atoms with Crippen LogP contribution in [0, 0.1) is 18.7 Å². The highest BCUT2D eigenvalue weighted by Crippen LogP contribution is 2.30. The molecule has 1 saturated carbocycles. The Morgan fingerprint density at radius 3 is 2.70 bits per heavy atom. The van der Waals surface area contributed by atoms with Crippen LogP contribution in [0.15, 0.2) is 36.4 Å². The first-order chi connectivity index (χ1) is 13.4. The van der Waals surface area contributed by atoms with Gasteiger partial charge < -0.3 is 15.6 Å². The molecule has 1 heterocycles. The van der Waals surface area contributed by atoms with Gasteiger partial charge in [-0.05, 0) is 49.4 Å². The van der Waals surface area contributed by atoms with Crippen LogP contribution in [-0.4, -0.2) is 21.5 Å². The lowest BCUT2D eigenvalue weighted by Gasteiger charge is -2.16. The zero-order chi connectivity index (χ0) is 19.8. The van der Waals surface area contributed by atoms with E-state index in [0.717, 1.165) is 47.4 Å². The first kappa shape index (κ1) is 24.1. The van der Waals surface area contributed by atoms with Crippen molar-refractivity contribution in [2.45, 2.75) is 38.6 Å². The molecule has 8 heteroatoms. The van der Waals surface area contributed by atoms with E-state index < -0.39 is 0 Å². The number of fused-ring (bicyclic) bond motifs is 1. The Balaban J connectivity index is 0.00000160. The molecule has 0 unspecified atom stereocenters. The monoisotopic (exact) mass is 452 g/mol. The third kappa shape index (κ3) is 4.77. The summed E-state index contributed by atoms with van der Waals surface area (Å²) in [6, 6.07) is 10.6. The summed E-state index contributed by atoms with van der Waals surface area (Å²) in [5.74, 6) is 0.681. The summed E-state index contributed by atoms with van der Waals surface area (Å²) in [6.45, 7) is 1.96. The smallest absolute Gasteiger partial charge is 0.224 e. The topological polar surface area (TPSA) is 72.9 Å². The van der Waals surface area contributed by atoms with Gasteiger partial charge in [-0.25, -0.2) is 9.37 Å². The van der Waals surface area contributed by atoms with E-state index in [0.29, 0.717) is 11.9 Å². The van der Waals surface area contributed by atoms with Gasteiger partial charge in [0, 0.05) is 36.8 Å². The standard InChI is InChI=1S/C22H25FN4O.2ClH/c1-13-6-7-15(22-26-19-12-16(23)8-9-20(19)27(22)2)10-18(13)25-21(28)11-14-4-3-5-17(14)24;;/h6-10,12,14,17H,3-5,11,24H2,1-2H3,(H,25,28);2*1H/t14-,17+;;/m0../s1. The number of imidazole rings is 1. The van der Waals surface area contributed by atoms with Gasteiger partial charge in [0.2, 0.25) is 5.91 Å². The molecule has 2 aromatic carbocycles. The summed E-state index contributed by atoms with van der Waals surface area (Å²) in [4.78, 5) is 17.1. The fourth-order valence-corrected chi connectivity index (χ4v) is 4.09. The highest BCUT2D eigenvalue weighted by atomic mass is 35.5. The summed E-state index contributed by atoms with van der Waals surface area (Å²) in [5.41, 5.74) is 10.2. The number of nitrogens with zero attached hydrogens (tertiary/aromatic N) is 2.